The number of nitrogen functional groups attached to an aromatic ring is 1. The largest absolute Gasteiger partial charge is 0.478 e. The Morgan fingerprint density at radius 3 is 2.65 bits per heavy atom. The molecule has 0 amide bonds. The normalized spacial score (nSPS) is 12.3. The molecule has 0 spiro atoms. The molecule has 1 heterocycles. The van der Waals surface area contributed by atoms with Crippen molar-refractivity contribution in [2.24, 2.45) is 5.92 Å². The topological polar surface area (TPSA) is 75.3 Å². The van der Waals surface area contributed by atoms with Crippen molar-refractivity contribution in [1.82, 2.24) is 0 Å². The zero-order valence-electron chi connectivity index (χ0n) is 11.5. The quantitative estimate of drug-likeness (QED) is 0.731. The fourth-order valence-corrected chi connectivity index (χ4v) is 2.97. The molecule has 0 aliphatic rings. The molecule has 0 fully saturated rings. The number of nitrogens with one attached hydrogen (secondary N) is 1. The van der Waals surface area contributed by atoms with Gasteiger partial charge in [-0.2, -0.15) is 0 Å². The number of carbonyl (C=O) groups is 1. The van der Waals surface area contributed by atoms with Gasteiger partial charge in [-0.25, -0.2) is 4.79 Å². The van der Waals surface area contributed by atoms with Gasteiger partial charge in [-0.05, 0) is 35.6 Å². The molecule has 0 saturated carbocycles. The predicted octanol–water partition coefficient (Wildman–Crippen LogP) is 3.84. The lowest BCUT2D eigenvalue weighted by molar-refractivity contribution is 0.0697. The lowest BCUT2D eigenvalue weighted by Gasteiger charge is -2.23. The van der Waals surface area contributed by atoms with Crippen molar-refractivity contribution in [3.63, 3.8) is 0 Å². The van der Waals surface area contributed by atoms with Crippen molar-refractivity contribution in [1.29, 1.82) is 0 Å². The third kappa shape index (κ3) is 3.11. The van der Waals surface area contributed by atoms with Crippen LogP contribution < -0.4 is 11.1 Å². The van der Waals surface area contributed by atoms with Crippen molar-refractivity contribution >= 4 is 28.7 Å². The van der Waals surface area contributed by atoms with E-state index in [4.69, 9.17) is 10.8 Å². The number of thiophene rings is 1. The molecule has 1 atom stereocenters. The van der Waals surface area contributed by atoms with Crippen molar-refractivity contribution in [3.8, 4) is 0 Å². The number of carboxylic acids is 1. The Morgan fingerprint density at radius 2 is 2.10 bits per heavy atom. The molecule has 4 N–H and O–H groups in total. The first-order valence-corrected chi connectivity index (χ1v) is 7.29. The minimum absolute atomic E-state index is 0.112. The third-order valence-corrected chi connectivity index (χ3v) is 4.08. The highest BCUT2D eigenvalue weighted by Gasteiger charge is 2.18. The van der Waals surface area contributed by atoms with Crippen LogP contribution in [0.25, 0.3) is 0 Å². The SMILES string of the molecule is CC(C)C(Nc1cc(C(=O)O)ccc1N)c1cccs1. The van der Waals surface area contributed by atoms with E-state index in [0.29, 0.717) is 17.3 Å². The summed E-state index contributed by atoms with van der Waals surface area (Å²) in [5.41, 5.74) is 7.39. The molecule has 2 rings (SSSR count). The summed E-state index contributed by atoms with van der Waals surface area (Å²) in [6, 6.07) is 8.91. The summed E-state index contributed by atoms with van der Waals surface area (Å²) in [5, 5.41) is 14.5. The van der Waals surface area contributed by atoms with Gasteiger partial charge >= 0.3 is 5.97 Å². The molecule has 0 saturated heterocycles. The van der Waals surface area contributed by atoms with Crippen LogP contribution in [-0.2, 0) is 0 Å². The van der Waals surface area contributed by atoms with Gasteiger partial charge < -0.3 is 16.2 Å². The summed E-state index contributed by atoms with van der Waals surface area (Å²) in [6.45, 7) is 4.24. The zero-order chi connectivity index (χ0) is 14.7. The van der Waals surface area contributed by atoms with Crippen molar-refractivity contribution in [2.45, 2.75) is 19.9 Å². The summed E-state index contributed by atoms with van der Waals surface area (Å²) in [6.07, 6.45) is 0. The van der Waals surface area contributed by atoms with Crippen LogP contribution in [-0.4, -0.2) is 11.1 Å². The molecule has 4 nitrogen and oxygen atoms in total. The molecule has 1 aromatic carbocycles. The highest BCUT2D eigenvalue weighted by molar-refractivity contribution is 7.10. The second kappa shape index (κ2) is 5.96. The fourth-order valence-electron chi connectivity index (χ4n) is 2.02. The van der Waals surface area contributed by atoms with Crippen LogP contribution in [0.5, 0.6) is 0 Å². The first-order valence-electron chi connectivity index (χ1n) is 6.41. The lowest BCUT2D eigenvalue weighted by atomic mass is 10.0. The van der Waals surface area contributed by atoms with Gasteiger partial charge in [-0.1, -0.05) is 19.9 Å². The summed E-state index contributed by atoms with van der Waals surface area (Å²) in [7, 11) is 0. The van der Waals surface area contributed by atoms with E-state index in [0.717, 1.165) is 0 Å². The number of rotatable bonds is 5. The molecule has 0 aliphatic heterocycles. The molecule has 0 radical (unpaired) electrons. The van der Waals surface area contributed by atoms with Gasteiger partial charge in [0.05, 0.1) is 23.0 Å². The number of hydrogen-bond acceptors (Lipinski definition) is 4. The zero-order valence-corrected chi connectivity index (χ0v) is 12.3. The molecule has 2 aromatic rings. The van der Waals surface area contributed by atoms with Gasteiger partial charge in [0.1, 0.15) is 0 Å². The molecule has 106 valence electrons. The van der Waals surface area contributed by atoms with Gasteiger partial charge in [0, 0.05) is 4.88 Å². The van der Waals surface area contributed by atoms with E-state index in [1.54, 1.807) is 23.5 Å². The van der Waals surface area contributed by atoms with Gasteiger partial charge in [-0.3, -0.25) is 0 Å². The third-order valence-electron chi connectivity index (χ3n) is 3.13. The maximum absolute atomic E-state index is 11.0. The van der Waals surface area contributed by atoms with Crippen LogP contribution >= 0.6 is 11.3 Å². The highest BCUT2D eigenvalue weighted by atomic mass is 32.1. The number of anilines is 2. The van der Waals surface area contributed by atoms with Gasteiger partial charge in [0.2, 0.25) is 0 Å². The molecule has 0 aliphatic carbocycles. The average Bonchev–Trinajstić information content (AvgIpc) is 2.90. The molecule has 1 unspecified atom stereocenters. The Bertz CT molecular complexity index is 594. The van der Waals surface area contributed by atoms with E-state index < -0.39 is 5.97 Å². The lowest BCUT2D eigenvalue weighted by Crippen LogP contribution is -2.17. The van der Waals surface area contributed by atoms with Crippen molar-refractivity contribution in [3.05, 3.63) is 46.2 Å². The summed E-state index contributed by atoms with van der Waals surface area (Å²) in [5.74, 6) is -0.591. The number of benzene rings is 1. The molecule has 0 bridgehead atoms. The van der Waals surface area contributed by atoms with Crippen molar-refractivity contribution in [2.75, 3.05) is 11.1 Å². The smallest absolute Gasteiger partial charge is 0.335 e. The summed E-state index contributed by atoms with van der Waals surface area (Å²) in [4.78, 5) is 12.3. The van der Waals surface area contributed by atoms with Crippen LogP contribution in [0.1, 0.15) is 35.1 Å². The number of nitrogens with two attached hydrogens (primary N) is 1. The van der Waals surface area contributed by atoms with Crippen LogP contribution in [0.15, 0.2) is 35.7 Å². The molecule has 20 heavy (non-hydrogen) atoms. The van der Waals surface area contributed by atoms with Gasteiger partial charge in [0.15, 0.2) is 0 Å². The van der Waals surface area contributed by atoms with E-state index in [2.05, 4.69) is 25.2 Å². The Balaban J connectivity index is 2.31. The number of carboxylic acid groups (broad SMARTS) is 1. The minimum Gasteiger partial charge on any atom is -0.478 e. The maximum Gasteiger partial charge on any atom is 0.335 e. The monoisotopic (exact) mass is 290 g/mol. The van der Waals surface area contributed by atoms with E-state index >= 15 is 0 Å². The Kier molecular flexibility index (Phi) is 4.29. The Morgan fingerprint density at radius 1 is 1.35 bits per heavy atom. The second-order valence-corrected chi connectivity index (χ2v) is 5.97. The van der Waals surface area contributed by atoms with Gasteiger partial charge in [-0.15, -0.1) is 11.3 Å². The van der Waals surface area contributed by atoms with E-state index in [9.17, 15) is 4.79 Å². The second-order valence-electron chi connectivity index (χ2n) is 4.99. The average molecular weight is 290 g/mol. The maximum atomic E-state index is 11.0. The Labute approximate surface area is 122 Å². The molecular weight excluding hydrogens is 272 g/mol. The molecule has 1 aromatic heterocycles. The number of aromatic carboxylic acids is 1. The van der Waals surface area contributed by atoms with Crippen molar-refractivity contribution < 1.29 is 9.90 Å². The van der Waals surface area contributed by atoms with Gasteiger partial charge in [0.25, 0.3) is 0 Å². The molecular formula is C15H18N2O2S. The summed E-state index contributed by atoms with van der Waals surface area (Å²) < 4.78 is 0. The standard InChI is InChI=1S/C15H18N2O2S/c1-9(2)14(13-4-3-7-20-13)17-12-8-10(15(18)19)5-6-11(12)16/h3-9,14,17H,16H2,1-2H3,(H,18,19). The number of hydrogen-bond donors (Lipinski definition) is 3. The Hall–Kier alpha value is -2.01. The van der Waals surface area contributed by atoms with E-state index in [-0.39, 0.29) is 11.6 Å². The predicted molar refractivity (Wildman–Crippen MR) is 83.3 cm³/mol. The van der Waals surface area contributed by atoms with Crippen LogP contribution in [0.2, 0.25) is 0 Å². The van der Waals surface area contributed by atoms with Crippen LogP contribution in [0, 0.1) is 5.92 Å². The highest BCUT2D eigenvalue weighted by Crippen LogP contribution is 2.32. The van der Waals surface area contributed by atoms with E-state index in [1.165, 1.54) is 10.9 Å². The van der Waals surface area contributed by atoms with Crippen LogP contribution in [0.4, 0.5) is 11.4 Å². The first-order chi connectivity index (χ1) is 9.49. The summed E-state index contributed by atoms with van der Waals surface area (Å²) >= 11 is 1.68. The van der Waals surface area contributed by atoms with E-state index in [1.807, 2.05) is 11.4 Å². The van der Waals surface area contributed by atoms with Crippen LogP contribution in [0.3, 0.4) is 0 Å². The molecule has 5 heteroatoms. The fraction of sp³-hybridized carbons (Fsp3) is 0.267. The minimum atomic E-state index is -0.953. The first kappa shape index (κ1) is 14.4.